The molecule has 1 aromatic carbocycles. The number of hydrogen-bond donors (Lipinski definition) is 0. The first-order valence-electron chi connectivity index (χ1n) is 4.98. The van der Waals surface area contributed by atoms with Crippen LogP contribution in [0.3, 0.4) is 0 Å². The molecule has 0 spiro atoms. The van der Waals surface area contributed by atoms with Gasteiger partial charge in [-0.3, -0.25) is 4.79 Å². The molecule has 0 aliphatic carbocycles. The molecule has 1 unspecified atom stereocenters. The predicted octanol–water partition coefficient (Wildman–Crippen LogP) is 3.20. The van der Waals surface area contributed by atoms with Gasteiger partial charge in [0.25, 0.3) is 0 Å². The summed E-state index contributed by atoms with van der Waals surface area (Å²) in [7, 11) is 0. The van der Waals surface area contributed by atoms with Crippen LogP contribution in [0.2, 0.25) is 0 Å². The lowest BCUT2D eigenvalue weighted by molar-refractivity contribution is -0.114. The lowest BCUT2D eigenvalue weighted by Crippen LogP contribution is -2.04. The Morgan fingerprint density at radius 3 is 3.00 bits per heavy atom. The van der Waals surface area contributed by atoms with Crippen molar-refractivity contribution in [1.82, 2.24) is 0 Å². The van der Waals surface area contributed by atoms with E-state index >= 15 is 0 Å². The van der Waals surface area contributed by atoms with Gasteiger partial charge in [0.15, 0.2) is 5.12 Å². The molecule has 0 saturated carbocycles. The normalized spacial score (nSPS) is 21.6. The number of fused-ring (bicyclic) bond motifs is 1. The van der Waals surface area contributed by atoms with Crippen molar-refractivity contribution >= 4 is 16.9 Å². The summed E-state index contributed by atoms with van der Waals surface area (Å²) in [5, 5.41) is 0.313. The molecule has 1 nitrogen and oxygen atoms in total. The molecule has 0 radical (unpaired) electrons. The largest absolute Gasteiger partial charge is 0.287 e. The molecule has 0 aromatic heterocycles. The van der Waals surface area contributed by atoms with E-state index in [2.05, 4.69) is 25.1 Å². The first-order valence-corrected chi connectivity index (χ1v) is 5.79. The van der Waals surface area contributed by atoms with E-state index in [1.54, 1.807) is 0 Å². The van der Waals surface area contributed by atoms with Gasteiger partial charge in [0.1, 0.15) is 0 Å². The van der Waals surface area contributed by atoms with Crippen LogP contribution in [-0.4, -0.2) is 5.12 Å². The molecular formula is C12H14OS. The summed E-state index contributed by atoms with van der Waals surface area (Å²) in [5.41, 5.74) is 2.62. The fraction of sp³-hybridized carbons (Fsp3) is 0.417. The molecule has 0 N–H and O–H groups in total. The minimum Gasteiger partial charge on any atom is -0.287 e. The molecule has 0 amide bonds. The zero-order valence-corrected chi connectivity index (χ0v) is 9.36. The molecule has 2 heteroatoms. The van der Waals surface area contributed by atoms with Crippen molar-refractivity contribution in [3.05, 3.63) is 29.3 Å². The Kier molecular flexibility index (Phi) is 2.64. The summed E-state index contributed by atoms with van der Waals surface area (Å²) in [5.74, 6) is 0.202. The Balaban J connectivity index is 2.37. The monoisotopic (exact) mass is 206 g/mol. The quantitative estimate of drug-likeness (QED) is 0.648. The van der Waals surface area contributed by atoms with Gasteiger partial charge in [-0.2, -0.15) is 0 Å². The van der Waals surface area contributed by atoms with E-state index in [1.165, 1.54) is 22.9 Å². The number of hydrogen-bond acceptors (Lipinski definition) is 2. The summed E-state index contributed by atoms with van der Waals surface area (Å²) in [6, 6.07) is 6.36. The summed E-state index contributed by atoms with van der Waals surface area (Å²) < 4.78 is 0. The van der Waals surface area contributed by atoms with Crippen molar-refractivity contribution in [3.63, 3.8) is 0 Å². The first-order chi connectivity index (χ1) is 6.66. The average Bonchev–Trinajstić information content (AvgIpc) is 2.29. The maximum atomic E-state index is 11.6. The van der Waals surface area contributed by atoms with E-state index < -0.39 is 0 Å². The van der Waals surface area contributed by atoms with Crippen LogP contribution in [0.5, 0.6) is 0 Å². The molecule has 0 fully saturated rings. The van der Waals surface area contributed by atoms with Crippen molar-refractivity contribution in [2.45, 2.75) is 31.6 Å². The van der Waals surface area contributed by atoms with Crippen LogP contribution in [0.1, 0.15) is 24.5 Å². The van der Waals surface area contributed by atoms with Crippen molar-refractivity contribution < 1.29 is 4.79 Å². The second-order valence-corrected chi connectivity index (χ2v) is 5.02. The Labute approximate surface area is 88.9 Å². The second-order valence-electron chi connectivity index (χ2n) is 3.97. The van der Waals surface area contributed by atoms with E-state index in [-0.39, 0.29) is 5.92 Å². The highest BCUT2D eigenvalue weighted by atomic mass is 32.2. The minimum atomic E-state index is 0.202. The predicted molar refractivity (Wildman–Crippen MR) is 59.5 cm³/mol. The fourth-order valence-electron chi connectivity index (χ4n) is 1.70. The SMILES string of the molecule is Cc1ccc2c(c1)CCC(C)C(=O)S2. The van der Waals surface area contributed by atoms with Crippen LogP contribution in [0.25, 0.3) is 0 Å². The van der Waals surface area contributed by atoms with Crippen LogP contribution in [0.15, 0.2) is 23.1 Å². The third-order valence-electron chi connectivity index (χ3n) is 2.68. The molecule has 1 heterocycles. The third kappa shape index (κ3) is 1.85. The molecule has 74 valence electrons. The van der Waals surface area contributed by atoms with Gasteiger partial charge in [0.2, 0.25) is 0 Å². The maximum absolute atomic E-state index is 11.6. The van der Waals surface area contributed by atoms with Crippen LogP contribution in [0, 0.1) is 12.8 Å². The molecule has 0 saturated heterocycles. The van der Waals surface area contributed by atoms with E-state index in [0.717, 1.165) is 17.7 Å². The van der Waals surface area contributed by atoms with Crippen molar-refractivity contribution in [3.8, 4) is 0 Å². The first kappa shape index (κ1) is 9.78. The van der Waals surface area contributed by atoms with Crippen molar-refractivity contribution in [2.75, 3.05) is 0 Å². The molecule has 1 aromatic rings. The lowest BCUT2D eigenvalue weighted by Gasteiger charge is -2.04. The smallest absolute Gasteiger partial charge is 0.196 e. The van der Waals surface area contributed by atoms with E-state index in [1.807, 2.05) is 6.92 Å². The third-order valence-corrected chi connectivity index (χ3v) is 3.90. The minimum absolute atomic E-state index is 0.202. The average molecular weight is 206 g/mol. The Morgan fingerprint density at radius 1 is 1.43 bits per heavy atom. The number of thioether (sulfide) groups is 1. The Bertz CT molecular complexity index is 371. The molecular weight excluding hydrogens is 192 g/mol. The van der Waals surface area contributed by atoms with Gasteiger partial charge in [-0.1, -0.05) is 36.4 Å². The highest BCUT2D eigenvalue weighted by Crippen LogP contribution is 2.32. The van der Waals surface area contributed by atoms with E-state index in [4.69, 9.17) is 0 Å². The highest BCUT2D eigenvalue weighted by molar-refractivity contribution is 8.13. The number of rotatable bonds is 0. The summed E-state index contributed by atoms with van der Waals surface area (Å²) in [6.45, 7) is 4.12. The maximum Gasteiger partial charge on any atom is 0.196 e. The van der Waals surface area contributed by atoms with Crippen LogP contribution in [-0.2, 0) is 11.2 Å². The Morgan fingerprint density at radius 2 is 2.21 bits per heavy atom. The van der Waals surface area contributed by atoms with Gasteiger partial charge in [0, 0.05) is 10.8 Å². The van der Waals surface area contributed by atoms with E-state index in [0.29, 0.717) is 5.12 Å². The number of carbonyl (C=O) groups is 1. The molecule has 1 atom stereocenters. The topological polar surface area (TPSA) is 17.1 Å². The zero-order chi connectivity index (χ0) is 10.1. The fourth-order valence-corrected chi connectivity index (χ4v) is 2.67. The number of benzene rings is 1. The second kappa shape index (κ2) is 3.77. The standard InChI is InChI=1S/C12H14OS/c1-8-3-6-11-10(7-8)5-4-9(2)12(13)14-11/h3,6-7,9H,4-5H2,1-2H3. The van der Waals surface area contributed by atoms with Gasteiger partial charge < -0.3 is 0 Å². The number of aryl methyl sites for hydroxylation is 2. The highest BCUT2D eigenvalue weighted by Gasteiger charge is 2.20. The van der Waals surface area contributed by atoms with Crippen molar-refractivity contribution in [1.29, 1.82) is 0 Å². The summed E-state index contributed by atoms with van der Waals surface area (Å²) in [4.78, 5) is 12.8. The molecule has 14 heavy (non-hydrogen) atoms. The number of carbonyl (C=O) groups excluding carboxylic acids is 1. The van der Waals surface area contributed by atoms with Crippen LogP contribution < -0.4 is 0 Å². The van der Waals surface area contributed by atoms with Gasteiger partial charge in [-0.25, -0.2) is 0 Å². The van der Waals surface area contributed by atoms with Gasteiger partial charge in [-0.15, -0.1) is 0 Å². The van der Waals surface area contributed by atoms with Crippen LogP contribution in [0.4, 0.5) is 0 Å². The van der Waals surface area contributed by atoms with Crippen molar-refractivity contribution in [2.24, 2.45) is 5.92 Å². The summed E-state index contributed by atoms with van der Waals surface area (Å²) in [6.07, 6.45) is 2.03. The van der Waals surface area contributed by atoms with Crippen LogP contribution >= 0.6 is 11.8 Å². The molecule has 1 aliphatic rings. The Hall–Kier alpha value is -0.760. The van der Waals surface area contributed by atoms with Gasteiger partial charge in [-0.05, 0) is 31.4 Å². The van der Waals surface area contributed by atoms with Gasteiger partial charge >= 0.3 is 0 Å². The van der Waals surface area contributed by atoms with E-state index in [9.17, 15) is 4.79 Å². The molecule has 0 bridgehead atoms. The van der Waals surface area contributed by atoms with Gasteiger partial charge in [0.05, 0.1) is 0 Å². The lowest BCUT2D eigenvalue weighted by atomic mass is 10.0. The molecule has 2 rings (SSSR count). The zero-order valence-electron chi connectivity index (χ0n) is 8.54. The summed E-state index contributed by atoms with van der Waals surface area (Å²) >= 11 is 1.41. The molecule has 1 aliphatic heterocycles.